The summed E-state index contributed by atoms with van der Waals surface area (Å²) in [7, 11) is 0. The molecule has 0 aliphatic heterocycles. The monoisotopic (exact) mass is 487 g/mol. The van der Waals surface area contributed by atoms with E-state index >= 15 is 0 Å². The minimum atomic E-state index is -0.872. The van der Waals surface area contributed by atoms with Gasteiger partial charge in [0.05, 0.1) is 5.69 Å². The van der Waals surface area contributed by atoms with Crippen molar-refractivity contribution in [2.24, 2.45) is 0 Å². The number of esters is 1. The number of carbonyl (C=O) groups is 3. The number of halogens is 1. The molecule has 1 unspecified atom stereocenters. The first-order valence-electron chi connectivity index (χ1n) is 9.99. The van der Waals surface area contributed by atoms with Gasteiger partial charge in [0.15, 0.2) is 11.7 Å². The molecule has 0 aliphatic carbocycles. The Kier molecular flexibility index (Phi) is 8.96. The molecule has 2 N–H and O–H groups in total. The predicted molar refractivity (Wildman–Crippen MR) is 128 cm³/mol. The van der Waals surface area contributed by atoms with Gasteiger partial charge < -0.3 is 10.1 Å². The number of thiazole rings is 1. The molecule has 0 saturated heterocycles. The third-order valence-electron chi connectivity index (χ3n) is 4.47. The lowest BCUT2D eigenvalue weighted by molar-refractivity contribution is -0.149. The summed E-state index contributed by atoms with van der Waals surface area (Å²) in [4.78, 5) is 41.4. The van der Waals surface area contributed by atoms with Crippen molar-refractivity contribution in [3.63, 3.8) is 0 Å². The topological polar surface area (TPSA) is 97.4 Å². The minimum Gasteiger partial charge on any atom is -0.454 e. The lowest BCUT2D eigenvalue weighted by Gasteiger charge is -2.17. The van der Waals surface area contributed by atoms with Gasteiger partial charge in [-0.1, -0.05) is 18.2 Å². The molecule has 3 aromatic rings. The van der Waals surface area contributed by atoms with Crippen molar-refractivity contribution in [2.75, 3.05) is 23.9 Å². The van der Waals surface area contributed by atoms with E-state index < -0.39 is 24.5 Å². The third-order valence-corrected chi connectivity index (χ3v) is 5.87. The average molecular weight is 488 g/mol. The minimum absolute atomic E-state index is 0.326. The zero-order chi connectivity index (χ0) is 23.6. The van der Waals surface area contributed by atoms with Gasteiger partial charge in [-0.2, -0.15) is 11.8 Å². The number of nitrogens with zero attached hydrogens (tertiary/aromatic N) is 1. The number of nitrogens with one attached hydrogen (secondary N) is 2. The number of rotatable bonds is 10. The maximum absolute atomic E-state index is 13.1. The van der Waals surface area contributed by atoms with Crippen LogP contribution in [0.25, 0.3) is 11.3 Å². The molecule has 172 valence electrons. The fraction of sp³-hybridized carbons (Fsp3) is 0.217. The molecule has 0 aliphatic rings. The molecule has 10 heteroatoms. The summed E-state index contributed by atoms with van der Waals surface area (Å²) in [6.07, 6.45) is 2.26. The molecular formula is C23H22FN3O4S2. The number of anilines is 1. The zero-order valence-corrected chi connectivity index (χ0v) is 19.4. The fourth-order valence-electron chi connectivity index (χ4n) is 2.79. The van der Waals surface area contributed by atoms with Gasteiger partial charge in [0.1, 0.15) is 11.9 Å². The van der Waals surface area contributed by atoms with Gasteiger partial charge in [-0.05, 0) is 54.8 Å². The van der Waals surface area contributed by atoms with E-state index in [2.05, 4.69) is 15.6 Å². The van der Waals surface area contributed by atoms with E-state index in [9.17, 15) is 18.8 Å². The first kappa shape index (κ1) is 24.4. The van der Waals surface area contributed by atoms with Crippen LogP contribution in [0.2, 0.25) is 0 Å². The van der Waals surface area contributed by atoms with Crippen LogP contribution >= 0.6 is 23.1 Å². The van der Waals surface area contributed by atoms with Crippen LogP contribution in [0.5, 0.6) is 0 Å². The largest absolute Gasteiger partial charge is 0.454 e. The Morgan fingerprint density at radius 1 is 1.12 bits per heavy atom. The molecule has 7 nitrogen and oxygen atoms in total. The highest BCUT2D eigenvalue weighted by atomic mass is 32.2. The van der Waals surface area contributed by atoms with Gasteiger partial charge in [0.25, 0.3) is 11.8 Å². The van der Waals surface area contributed by atoms with Crippen molar-refractivity contribution in [3.8, 4) is 11.3 Å². The summed E-state index contributed by atoms with van der Waals surface area (Å²) in [5.41, 5.74) is 1.73. The Hall–Kier alpha value is -3.24. The normalized spacial score (nSPS) is 11.5. The Bertz CT molecular complexity index is 1090. The Morgan fingerprint density at radius 3 is 2.55 bits per heavy atom. The summed E-state index contributed by atoms with van der Waals surface area (Å²) in [6, 6.07) is 13.5. The number of aromatic nitrogens is 1. The first-order chi connectivity index (χ1) is 16.0. The van der Waals surface area contributed by atoms with E-state index in [1.165, 1.54) is 35.2 Å². The van der Waals surface area contributed by atoms with Crippen LogP contribution < -0.4 is 10.6 Å². The maximum atomic E-state index is 13.1. The van der Waals surface area contributed by atoms with E-state index in [0.29, 0.717) is 34.1 Å². The van der Waals surface area contributed by atoms with Crippen LogP contribution in [-0.2, 0) is 14.3 Å². The lowest BCUT2D eigenvalue weighted by atomic mass is 10.1. The van der Waals surface area contributed by atoms with E-state index in [1.807, 2.05) is 6.26 Å². The molecule has 2 amide bonds. The van der Waals surface area contributed by atoms with Gasteiger partial charge in [-0.15, -0.1) is 11.3 Å². The summed E-state index contributed by atoms with van der Waals surface area (Å²) < 4.78 is 18.2. The van der Waals surface area contributed by atoms with Crippen LogP contribution in [-0.4, -0.2) is 47.4 Å². The average Bonchev–Trinajstić information content (AvgIpc) is 3.29. The Balaban J connectivity index is 1.53. The van der Waals surface area contributed by atoms with Gasteiger partial charge >= 0.3 is 5.97 Å². The standard InChI is InChI=1S/C23H22FN3O4S2/c1-32-12-11-18(25-21(29)16-5-3-2-4-6-16)22(30)31-13-20(28)27-23-26-19(14-33-23)15-7-9-17(24)10-8-15/h2-10,14,18H,11-13H2,1H3,(H,25,29)(H,26,27,28). The smallest absolute Gasteiger partial charge is 0.329 e. The number of benzene rings is 2. The predicted octanol–water partition coefficient (Wildman–Crippen LogP) is 3.98. The highest BCUT2D eigenvalue weighted by Crippen LogP contribution is 2.25. The number of hydrogen-bond donors (Lipinski definition) is 2. The van der Waals surface area contributed by atoms with Crippen molar-refractivity contribution in [3.05, 3.63) is 71.4 Å². The van der Waals surface area contributed by atoms with Crippen molar-refractivity contribution < 1.29 is 23.5 Å². The Labute approximate surface area is 198 Å². The summed E-state index contributed by atoms with van der Waals surface area (Å²) in [5.74, 6) is -1.35. The van der Waals surface area contributed by atoms with Gasteiger partial charge in [-0.25, -0.2) is 14.2 Å². The van der Waals surface area contributed by atoms with Crippen molar-refractivity contribution in [2.45, 2.75) is 12.5 Å². The van der Waals surface area contributed by atoms with Gasteiger partial charge in [-0.3, -0.25) is 14.9 Å². The van der Waals surface area contributed by atoms with Crippen LogP contribution in [0, 0.1) is 5.82 Å². The first-order valence-corrected chi connectivity index (χ1v) is 12.3. The quantitative estimate of drug-likeness (QED) is 0.420. The lowest BCUT2D eigenvalue weighted by Crippen LogP contribution is -2.43. The number of ether oxygens (including phenoxy) is 1. The molecule has 0 fully saturated rings. The summed E-state index contributed by atoms with van der Waals surface area (Å²) in [5, 5.41) is 7.30. The Morgan fingerprint density at radius 2 is 1.85 bits per heavy atom. The number of hydrogen-bond acceptors (Lipinski definition) is 7. The number of thioether (sulfide) groups is 1. The SMILES string of the molecule is CSCCC(NC(=O)c1ccccc1)C(=O)OCC(=O)Nc1nc(-c2ccc(F)cc2)cs1. The van der Waals surface area contributed by atoms with Crippen LogP contribution in [0.4, 0.5) is 9.52 Å². The third kappa shape index (κ3) is 7.40. The molecular weight excluding hydrogens is 465 g/mol. The fourth-order valence-corrected chi connectivity index (χ4v) is 4.00. The van der Waals surface area contributed by atoms with Gasteiger partial charge in [0.2, 0.25) is 0 Å². The molecule has 2 aromatic carbocycles. The molecule has 33 heavy (non-hydrogen) atoms. The number of amides is 2. The maximum Gasteiger partial charge on any atom is 0.329 e. The second-order valence-corrected chi connectivity index (χ2v) is 8.72. The molecule has 1 heterocycles. The molecule has 3 rings (SSSR count). The van der Waals surface area contributed by atoms with Crippen LogP contribution in [0.15, 0.2) is 60.0 Å². The van der Waals surface area contributed by atoms with Crippen LogP contribution in [0.3, 0.4) is 0 Å². The van der Waals surface area contributed by atoms with E-state index in [0.717, 1.165) is 0 Å². The number of carbonyl (C=O) groups excluding carboxylic acids is 3. The second kappa shape index (κ2) is 12.1. The van der Waals surface area contributed by atoms with E-state index in [-0.39, 0.29) is 11.7 Å². The molecule has 1 aromatic heterocycles. The van der Waals surface area contributed by atoms with E-state index in [4.69, 9.17) is 4.74 Å². The van der Waals surface area contributed by atoms with Crippen LogP contribution in [0.1, 0.15) is 16.8 Å². The highest BCUT2D eigenvalue weighted by Gasteiger charge is 2.23. The van der Waals surface area contributed by atoms with Crippen molar-refractivity contribution in [1.29, 1.82) is 0 Å². The van der Waals surface area contributed by atoms with Crippen molar-refractivity contribution >= 4 is 46.0 Å². The highest BCUT2D eigenvalue weighted by molar-refractivity contribution is 7.98. The van der Waals surface area contributed by atoms with Gasteiger partial charge in [0, 0.05) is 16.5 Å². The van der Waals surface area contributed by atoms with E-state index in [1.54, 1.807) is 47.8 Å². The molecule has 0 radical (unpaired) electrons. The molecule has 0 spiro atoms. The molecule has 1 atom stereocenters. The molecule has 0 bridgehead atoms. The summed E-state index contributed by atoms with van der Waals surface area (Å²) >= 11 is 2.73. The van der Waals surface area contributed by atoms with Crippen molar-refractivity contribution in [1.82, 2.24) is 10.3 Å². The zero-order valence-electron chi connectivity index (χ0n) is 17.7. The summed E-state index contributed by atoms with van der Waals surface area (Å²) in [6.45, 7) is -0.513. The molecule has 0 saturated carbocycles. The second-order valence-electron chi connectivity index (χ2n) is 6.87.